The molecule has 0 aliphatic carbocycles. The first-order chi connectivity index (χ1) is 34.0. The van der Waals surface area contributed by atoms with Gasteiger partial charge in [0.1, 0.15) is 13.2 Å². The molecule has 0 rings (SSSR count). The Morgan fingerprint density at radius 2 is 0.565 bits per heavy atom. The van der Waals surface area contributed by atoms with Crippen LogP contribution in [-0.4, -0.2) is 37.2 Å². The highest BCUT2D eigenvalue weighted by atomic mass is 16.6. The molecule has 0 amide bonds. The zero-order valence-electron chi connectivity index (χ0n) is 45.0. The van der Waals surface area contributed by atoms with Crippen LogP contribution >= 0.6 is 0 Å². The van der Waals surface area contributed by atoms with Crippen LogP contribution in [0.5, 0.6) is 0 Å². The van der Waals surface area contributed by atoms with E-state index in [0.29, 0.717) is 25.7 Å². The van der Waals surface area contributed by atoms with E-state index in [2.05, 4.69) is 118 Å². The number of carbonyl (C=O) groups is 3. The van der Waals surface area contributed by atoms with Gasteiger partial charge in [-0.3, -0.25) is 14.4 Å². The average Bonchev–Trinajstić information content (AvgIpc) is 3.35. The maximum atomic E-state index is 12.8. The Labute approximate surface area is 426 Å². The van der Waals surface area contributed by atoms with Crippen molar-refractivity contribution in [3.05, 3.63) is 97.2 Å². The topological polar surface area (TPSA) is 78.9 Å². The fraction of sp³-hybridized carbons (Fsp3) is 0.698. The summed E-state index contributed by atoms with van der Waals surface area (Å²) in [5, 5.41) is 0. The number of rotatable bonds is 51. The van der Waals surface area contributed by atoms with Gasteiger partial charge < -0.3 is 14.2 Å². The summed E-state index contributed by atoms with van der Waals surface area (Å²) >= 11 is 0. The fourth-order valence-corrected chi connectivity index (χ4v) is 7.84. The third-order valence-corrected chi connectivity index (χ3v) is 12.1. The summed E-state index contributed by atoms with van der Waals surface area (Å²) in [5.41, 5.74) is 0. The van der Waals surface area contributed by atoms with Crippen LogP contribution in [0.1, 0.15) is 265 Å². The van der Waals surface area contributed by atoms with Crippen molar-refractivity contribution in [2.45, 2.75) is 271 Å². The summed E-state index contributed by atoms with van der Waals surface area (Å²) in [6, 6.07) is 0. The highest BCUT2D eigenvalue weighted by molar-refractivity contribution is 5.71. The Morgan fingerprint density at radius 1 is 0.304 bits per heavy atom. The fourth-order valence-electron chi connectivity index (χ4n) is 7.84. The average molecular weight is 960 g/mol. The van der Waals surface area contributed by atoms with Crippen molar-refractivity contribution >= 4 is 17.9 Å². The molecule has 6 heteroatoms. The lowest BCUT2D eigenvalue weighted by Crippen LogP contribution is -2.30. The Morgan fingerprint density at radius 3 is 0.884 bits per heavy atom. The number of ether oxygens (including phenoxy) is 3. The summed E-state index contributed by atoms with van der Waals surface area (Å²) < 4.78 is 16.8. The van der Waals surface area contributed by atoms with Crippen molar-refractivity contribution < 1.29 is 28.6 Å². The first kappa shape index (κ1) is 65.3. The van der Waals surface area contributed by atoms with Crippen LogP contribution in [0.2, 0.25) is 0 Å². The SMILES string of the molecule is CC/C=C\C/C=C\C/C=C\C/C=C\CCCCC(=O)OCC(COC(=O)CCCCCCCCCCCCCCCCCCCCCCC)OC(=O)CCCC/C=C\C/C=C\C/C=C\C/C=C\CC. The monoisotopic (exact) mass is 959 g/mol. The number of unbranched alkanes of at least 4 members (excludes halogenated alkanes) is 24. The Bertz CT molecular complexity index is 1380. The summed E-state index contributed by atoms with van der Waals surface area (Å²) in [6.07, 6.45) is 75.6. The highest BCUT2D eigenvalue weighted by Crippen LogP contribution is 2.16. The van der Waals surface area contributed by atoms with Crippen LogP contribution in [-0.2, 0) is 28.6 Å². The number of esters is 3. The molecule has 69 heavy (non-hydrogen) atoms. The Hall–Kier alpha value is -3.67. The lowest BCUT2D eigenvalue weighted by Gasteiger charge is -2.18. The normalized spacial score (nSPS) is 12.8. The van der Waals surface area contributed by atoms with E-state index in [4.69, 9.17) is 14.2 Å². The van der Waals surface area contributed by atoms with Gasteiger partial charge in [0.2, 0.25) is 0 Å². The van der Waals surface area contributed by atoms with Crippen molar-refractivity contribution in [3.8, 4) is 0 Å². The van der Waals surface area contributed by atoms with E-state index >= 15 is 0 Å². The zero-order chi connectivity index (χ0) is 50.0. The molecular formula is C63H106O6. The van der Waals surface area contributed by atoms with Crippen LogP contribution in [0.3, 0.4) is 0 Å². The van der Waals surface area contributed by atoms with Crippen LogP contribution in [0.15, 0.2) is 97.2 Å². The van der Waals surface area contributed by atoms with E-state index in [-0.39, 0.29) is 37.5 Å². The summed E-state index contributed by atoms with van der Waals surface area (Å²) in [6.45, 7) is 6.36. The van der Waals surface area contributed by atoms with Gasteiger partial charge in [-0.1, -0.05) is 246 Å². The van der Waals surface area contributed by atoms with Gasteiger partial charge in [0.15, 0.2) is 6.10 Å². The van der Waals surface area contributed by atoms with E-state index < -0.39 is 6.10 Å². The van der Waals surface area contributed by atoms with Crippen LogP contribution in [0, 0.1) is 0 Å². The third kappa shape index (κ3) is 55.1. The van der Waals surface area contributed by atoms with E-state index in [0.717, 1.165) is 96.3 Å². The van der Waals surface area contributed by atoms with Gasteiger partial charge in [-0.05, 0) is 96.3 Å². The van der Waals surface area contributed by atoms with Gasteiger partial charge in [0, 0.05) is 19.3 Å². The van der Waals surface area contributed by atoms with Gasteiger partial charge in [0.05, 0.1) is 0 Å². The minimum absolute atomic E-state index is 0.106. The zero-order valence-corrected chi connectivity index (χ0v) is 45.0. The lowest BCUT2D eigenvalue weighted by atomic mass is 10.0. The largest absolute Gasteiger partial charge is 0.462 e. The molecule has 1 atom stereocenters. The first-order valence-electron chi connectivity index (χ1n) is 28.7. The van der Waals surface area contributed by atoms with Gasteiger partial charge >= 0.3 is 17.9 Å². The molecule has 0 spiro atoms. The molecule has 0 aliphatic rings. The van der Waals surface area contributed by atoms with Gasteiger partial charge in [-0.25, -0.2) is 0 Å². The maximum absolute atomic E-state index is 12.8. The summed E-state index contributed by atoms with van der Waals surface area (Å²) in [5.74, 6) is -0.987. The van der Waals surface area contributed by atoms with E-state index in [1.807, 2.05) is 0 Å². The van der Waals surface area contributed by atoms with Crippen molar-refractivity contribution in [1.29, 1.82) is 0 Å². The van der Waals surface area contributed by atoms with Crippen LogP contribution in [0.4, 0.5) is 0 Å². The lowest BCUT2D eigenvalue weighted by molar-refractivity contribution is -0.167. The summed E-state index contributed by atoms with van der Waals surface area (Å²) in [7, 11) is 0. The molecule has 0 radical (unpaired) electrons. The number of allylic oxidation sites excluding steroid dienone is 16. The van der Waals surface area contributed by atoms with Crippen LogP contribution < -0.4 is 0 Å². The molecular weight excluding hydrogens is 853 g/mol. The standard InChI is InChI=1S/C63H106O6/c1-4-7-10-13-16-19-22-25-28-29-30-31-32-33-36-38-41-44-47-50-53-56-62(65)68-59-60(69-63(66)57-54-51-48-45-42-39-35-27-24-21-18-15-12-9-6-3)58-67-61(64)55-52-49-46-43-40-37-34-26-23-20-17-14-11-8-5-2/h8-9,11-12,17-18,20-21,26-27,34-35,40,42-43,45,60H,4-7,10,13-16,19,22-25,28-33,36-39,41,44,46-59H2,1-3H3/b11-8-,12-9-,20-17-,21-18-,34-26-,35-27-,43-40-,45-42-. The smallest absolute Gasteiger partial charge is 0.306 e. The second-order valence-corrected chi connectivity index (χ2v) is 18.8. The predicted molar refractivity (Wildman–Crippen MR) is 297 cm³/mol. The molecule has 1 unspecified atom stereocenters. The van der Waals surface area contributed by atoms with E-state index in [1.54, 1.807) is 0 Å². The molecule has 0 saturated heterocycles. The Kier molecular flexibility index (Phi) is 53.9. The van der Waals surface area contributed by atoms with Crippen molar-refractivity contribution in [3.63, 3.8) is 0 Å². The van der Waals surface area contributed by atoms with Crippen LogP contribution in [0.25, 0.3) is 0 Å². The quantitative estimate of drug-likeness (QED) is 0.0262. The second kappa shape index (κ2) is 56.9. The minimum Gasteiger partial charge on any atom is -0.462 e. The number of hydrogen-bond donors (Lipinski definition) is 0. The third-order valence-electron chi connectivity index (χ3n) is 12.1. The van der Waals surface area contributed by atoms with Crippen molar-refractivity contribution in [2.75, 3.05) is 13.2 Å². The van der Waals surface area contributed by atoms with E-state index in [1.165, 1.54) is 116 Å². The van der Waals surface area contributed by atoms with Gasteiger partial charge in [0.25, 0.3) is 0 Å². The molecule has 0 aliphatic heterocycles. The maximum Gasteiger partial charge on any atom is 0.306 e. The molecule has 0 aromatic heterocycles. The Balaban J connectivity index is 4.43. The van der Waals surface area contributed by atoms with Gasteiger partial charge in [-0.2, -0.15) is 0 Å². The molecule has 6 nitrogen and oxygen atoms in total. The molecule has 394 valence electrons. The number of carbonyl (C=O) groups excluding carboxylic acids is 3. The minimum atomic E-state index is -0.816. The highest BCUT2D eigenvalue weighted by Gasteiger charge is 2.19. The van der Waals surface area contributed by atoms with Gasteiger partial charge in [-0.15, -0.1) is 0 Å². The molecule has 0 bridgehead atoms. The molecule has 0 aromatic rings. The molecule has 0 fully saturated rings. The summed E-state index contributed by atoms with van der Waals surface area (Å²) in [4.78, 5) is 38.1. The van der Waals surface area contributed by atoms with E-state index in [9.17, 15) is 14.4 Å². The second-order valence-electron chi connectivity index (χ2n) is 18.8. The molecule has 0 saturated carbocycles. The number of hydrogen-bond acceptors (Lipinski definition) is 6. The predicted octanol–water partition coefficient (Wildman–Crippen LogP) is 19.3. The molecule has 0 N–H and O–H groups in total. The van der Waals surface area contributed by atoms with Crippen molar-refractivity contribution in [1.82, 2.24) is 0 Å². The molecule has 0 heterocycles. The van der Waals surface area contributed by atoms with Crippen molar-refractivity contribution in [2.24, 2.45) is 0 Å². The molecule has 0 aromatic carbocycles. The first-order valence-corrected chi connectivity index (χ1v) is 28.7.